The van der Waals surface area contributed by atoms with Gasteiger partial charge < -0.3 is 5.32 Å². The first-order chi connectivity index (χ1) is 12.2. The minimum atomic E-state index is -0.225. The van der Waals surface area contributed by atoms with Gasteiger partial charge in [-0.25, -0.2) is 9.97 Å². The molecule has 0 radical (unpaired) electrons. The Morgan fingerprint density at radius 3 is 2.72 bits per heavy atom. The lowest BCUT2D eigenvalue weighted by atomic mass is 10.1. The number of amides is 1. The van der Waals surface area contributed by atoms with E-state index in [-0.39, 0.29) is 5.91 Å². The van der Waals surface area contributed by atoms with Gasteiger partial charge in [-0.2, -0.15) is 0 Å². The minimum Gasteiger partial charge on any atom is -0.321 e. The van der Waals surface area contributed by atoms with Gasteiger partial charge in [0.05, 0.1) is 16.2 Å². The fourth-order valence-electron chi connectivity index (χ4n) is 2.64. The van der Waals surface area contributed by atoms with Crippen LogP contribution in [0.25, 0.3) is 22.2 Å². The second kappa shape index (κ2) is 6.45. The first-order valence-corrected chi connectivity index (χ1v) is 8.77. The highest BCUT2D eigenvalue weighted by atomic mass is 32.1. The standard InChI is InChI=1S/C20H15N3OS/c1-13-21-19(12-25-13)15-6-4-7-16(11-15)22-20(24)18-10-9-14-5-2-3-8-17(14)23-18/h2-12H,1H3,(H,22,24). The molecule has 0 aliphatic rings. The monoisotopic (exact) mass is 345 g/mol. The Labute approximate surface area is 149 Å². The number of aryl methyl sites for hydroxylation is 1. The molecule has 4 nitrogen and oxygen atoms in total. The van der Waals surface area contributed by atoms with E-state index in [0.29, 0.717) is 5.69 Å². The van der Waals surface area contributed by atoms with Gasteiger partial charge in [-0.05, 0) is 31.2 Å². The SMILES string of the molecule is Cc1nc(-c2cccc(NC(=O)c3ccc4ccccc4n3)c2)cs1. The third-order valence-electron chi connectivity index (χ3n) is 3.87. The number of carbonyl (C=O) groups is 1. The van der Waals surface area contributed by atoms with E-state index < -0.39 is 0 Å². The molecule has 0 saturated carbocycles. The topological polar surface area (TPSA) is 54.9 Å². The molecule has 0 bridgehead atoms. The lowest BCUT2D eigenvalue weighted by Crippen LogP contribution is -2.13. The summed E-state index contributed by atoms with van der Waals surface area (Å²) in [7, 11) is 0. The zero-order valence-corrected chi connectivity index (χ0v) is 14.4. The van der Waals surface area contributed by atoms with E-state index in [1.807, 2.05) is 66.9 Å². The van der Waals surface area contributed by atoms with Gasteiger partial charge in [-0.3, -0.25) is 4.79 Å². The van der Waals surface area contributed by atoms with E-state index in [1.54, 1.807) is 17.4 Å². The Kier molecular flexibility index (Phi) is 3.99. The zero-order valence-electron chi connectivity index (χ0n) is 13.6. The predicted octanol–water partition coefficient (Wildman–Crippen LogP) is 4.92. The predicted molar refractivity (Wildman–Crippen MR) is 102 cm³/mol. The molecule has 0 fully saturated rings. The minimum absolute atomic E-state index is 0.225. The van der Waals surface area contributed by atoms with Crippen molar-refractivity contribution < 1.29 is 4.79 Å². The van der Waals surface area contributed by atoms with Crippen LogP contribution < -0.4 is 5.32 Å². The number of anilines is 1. The number of fused-ring (bicyclic) bond motifs is 1. The van der Waals surface area contributed by atoms with Crippen molar-refractivity contribution in [1.82, 2.24) is 9.97 Å². The number of rotatable bonds is 3. The zero-order chi connectivity index (χ0) is 17.2. The molecule has 1 N–H and O–H groups in total. The largest absolute Gasteiger partial charge is 0.321 e. The Hall–Kier alpha value is -3.05. The smallest absolute Gasteiger partial charge is 0.274 e. The molecule has 0 atom stereocenters. The van der Waals surface area contributed by atoms with Crippen molar-refractivity contribution in [2.24, 2.45) is 0 Å². The molecule has 0 aliphatic carbocycles. The maximum Gasteiger partial charge on any atom is 0.274 e. The second-order valence-corrected chi connectivity index (χ2v) is 6.74. The van der Waals surface area contributed by atoms with Crippen molar-refractivity contribution in [3.8, 4) is 11.3 Å². The lowest BCUT2D eigenvalue weighted by Gasteiger charge is -2.07. The van der Waals surface area contributed by atoms with Crippen LogP contribution in [0.5, 0.6) is 0 Å². The summed E-state index contributed by atoms with van der Waals surface area (Å²) >= 11 is 1.61. The second-order valence-electron chi connectivity index (χ2n) is 5.68. The summed E-state index contributed by atoms with van der Waals surface area (Å²) in [4.78, 5) is 21.4. The number of aromatic nitrogens is 2. The van der Waals surface area contributed by atoms with Crippen molar-refractivity contribution in [3.63, 3.8) is 0 Å². The number of hydrogen-bond donors (Lipinski definition) is 1. The summed E-state index contributed by atoms with van der Waals surface area (Å²) in [6.45, 7) is 1.98. The number of pyridine rings is 1. The van der Waals surface area contributed by atoms with Crippen LogP contribution in [0.15, 0.2) is 66.0 Å². The van der Waals surface area contributed by atoms with Crippen molar-refractivity contribution in [2.45, 2.75) is 6.92 Å². The maximum absolute atomic E-state index is 12.5. The Bertz CT molecular complexity index is 1070. The quantitative estimate of drug-likeness (QED) is 0.573. The molecule has 2 aromatic carbocycles. The van der Waals surface area contributed by atoms with Crippen molar-refractivity contribution in [2.75, 3.05) is 5.32 Å². The molecule has 0 unspecified atom stereocenters. The number of thiazole rings is 1. The Balaban J connectivity index is 1.59. The summed E-state index contributed by atoms with van der Waals surface area (Å²) in [5.41, 5.74) is 3.83. The Morgan fingerprint density at radius 2 is 1.88 bits per heavy atom. The van der Waals surface area contributed by atoms with E-state index in [1.165, 1.54) is 0 Å². The van der Waals surface area contributed by atoms with Gasteiger partial charge in [0.15, 0.2) is 0 Å². The number of carbonyl (C=O) groups excluding carboxylic acids is 1. The van der Waals surface area contributed by atoms with E-state index in [2.05, 4.69) is 15.3 Å². The van der Waals surface area contributed by atoms with Gasteiger partial charge in [0.25, 0.3) is 5.91 Å². The molecule has 25 heavy (non-hydrogen) atoms. The molecule has 122 valence electrons. The number of hydrogen-bond acceptors (Lipinski definition) is 4. The molecular weight excluding hydrogens is 330 g/mol. The first-order valence-electron chi connectivity index (χ1n) is 7.89. The summed E-state index contributed by atoms with van der Waals surface area (Å²) < 4.78 is 0. The van der Waals surface area contributed by atoms with Crippen molar-refractivity contribution in [3.05, 3.63) is 76.7 Å². The molecule has 0 spiro atoms. The average Bonchev–Trinajstić information content (AvgIpc) is 3.08. The van der Waals surface area contributed by atoms with E-state index >= 15 is 0 Å². The fourth-order valence-corrected chi connectivity index (χ4v) is 3.26. The van der Waals surface area contributed by atoms with Gasteiger partial charge in [0, 0.05) is 22.0 Å². The van der Waals surface area contributed by atoms with Crippen molar-refractivity contribution >= 4 is 33.8 Å². The molecule has 5 heteroatoms. The van der Waals surface area contributed by atoms with Crippen LogP contribution in [0.2, 0.25) is 0 Å². The molecule has 0 saturated heterocycles. The number of para-hydroxylation sites is 1. The van der Waals surface area contributed by atoms with Crippen LogP contribution in [-0.2, 0) is 0 Å². The lowest BCUT2D eigenvalue weighted by molar-refractivity contribution is 0.102. The fraction of sp³-hybridized carbons (Fsp3) is 0.0500. The van der Waals surface area contributed by atoms with Gasteiger partial charge >= 0.3 is 0 Å². The number of nitrogens with zero attached hydrogens (tertiary/aromatic N) is 2. The summed E-state index contributed by atoms with van der Waals surface area (Å²) in [5, 5.41) is 6.96. The van der Waals surface area contributed by atoms with E-state index in [0.717, 1.165) is 32.9 Å². The highest BCUT2D eigenvalue weighted by molar-refractivity contribution is 7.09. The van der Waals surface area contributed by atoms with Gasteiger partial charge in [-0.1, -0.05) is 36.4 Å². The molecule has 2 aromatic heterocycles. The number of nitrogens with one attached hydrogen (secondary N) is 1. The van der Waals surface area contributed by atoms with Crippen LogP contribution in [0.3, 0.4) is 0 Å². The molecule has 1 amide bonds. The highest BCUT2D eigenvalue weighted by Gasteiger charge is 2.10. The van der Waals surface area contributed by atoms with Gasteiger partial charge in [-0.15, -0.1) is 11.3 Å². The van der Waals surface area contributed by atoms with Crippen LogP contribution in [-0.4, -0.2) is 15.9 Å². The van der Waals surface area contributed by atoms with Gasteiger partial charge in [0.2, 0.25) is 0 Å². The first kappa shape index (κ1) is 15.5. The normalized spacial score (nSPS) is 10.8. The summed E-state index contributed by atoms with van der Waals surface area (Å²) in [6, 6.07) is 19.1. The molecule has 0 aliphatic heterocycles. The average molecular weight is 345 g/mol. The van der Waals surface area contributed by atoms with Crippen LogP contribution in [0, 0.1) is 6.92 Å². The summed E-state index contributed by atoms with van der Waals surface area (Å²) in [5.74, 6) is -0.225. The summed E-state index contributed by atoms with van der Waals surface area (Å²) in [6.07, 6.45) is 0. The molecular formula is C20H15N3OS. The molecule has 4 aromatic rings. The third-order valence-corrected chi connectivity index (χ3v) is 4.64. The third kappa shape index (κ3) is 3.27. The van der Waals surface area contributed by atoms with Crippen LogP contribution in [0.1, 0.15) is 15.5 Å². The Morgan fingerprint density at radius 1 is 1.00 bits per heavy atom. The van der Waals surface area contributed by atoms with Crippen LogP contribution in [0.4, 0.5) is 5.69 Å². The molecule has 4 rings (SSSR count). The van der Waals surface area contributed by atoms with Crippen LogP contribution >= 0.6 is 11.3 Å². The maximum atomic E-state index is 12.5. The molecule has 2 heterocycles. The highest BCUT2D eigenvalue weighted by Crippen LogP contribution is 2.24. The van der Waals surface area contributed by atoms with E-state index in [9.17, 15) is 4.79 Å². The van der Waals surface area contributed by atoms with Gasteiger partial charge in [0.1, 0.15) is 5.69 Å². The van der Waals surface area contributed by atoms with E-state index in [4.69, 9.17) is 0 Å². The van der Waals surface area contributed by atoms with Crippen molar-refractivity contribution in [1.29, 1.82) is 0 Å². The number of benzene rings is 2.